The van der Waals surface area contributed by atoms with Crippen molar-refractivity contribution in [1.29, 1.82) is 0 Å². The molecule has 148 valence electrons. The SMILES string of the molecule is C#CCN1C(=O)C2(CN(C(=O)OCc3ccccc3)C2)Oc2cc(F)c(N)cc21. The topological polar surface area (TPSA) is 85.1 Å². The van der Waals surface area contributed by atoms with E-state index in [1.54, 1.807) is 0 Å². The Labute approximate surface area is 166 Å². The summed E-state index contributed by atoms with van der Waals surface area (Å²) in [6.07, 6.45) is 4.83. The second-order valence-corrected chi connectivity index (χ2v) is 6.93. The number of halogens is 1. The predicted octanol–water partition coefficient (Wildman–Crippen LogP) is 2.16. The molecule has 0 aliphatic carbocycles. The van der Waals surface area contributed by atoms with E-state index in [0.717, 1.165) is 11.6 Å². The third-order valence-electron chi connectivity index (χ3n) is 4.91. The van der Waals surface area contributed by atoms with Crippen molar-refractivity contribution in [2.45, 2.75) is 12.2 Å². The number of nitrogen functional groups attached to an aromatic ring is 1. The average Bonchev–Trinajstić information content (AvgIpc) is 2.69. The molecule has 2 N–H and O–H groups in total. The molecule has 0 saturated carbocycles. The van der Waals surface area contributed by atoms with Gasteiger partial charge in [-0.3, -0.25) is 14.6 Å². The summed E-state index contributed by atoms with van der Waals surface area (Å²) in [4.78, 5) is 28.0. The van der Waals surface area contributed by atoms with Crippen molar-refractivity contribution in [3.05, 3.63) is 53.8 Å². The molecule has 7 nitrogen and oxygen atoms in total. The van der Waals surface area contributed by atoms with E-state index in [0.29, 0.717) is 5.69 Å². The zero-order chi connectivity index (χ0) is 20.6. The van der Waals surface area contributed by atoms with Gasteiger partial charge >= 0.3 is 6.09 Å². The minimum atomic E-state index is -1.32. The molecule has 2 aliphatic heterocycles. The number of likely N-dealkylation sites (tertiary alicyclic amines) is 1. The number of anilines is 2. The Morgan fingerprint density at radius 2 is 2.03 bits per heavy atom. The van der Waals surface area contributed by atoms with Gasteiger partial charge in [0.1, 0.15) is 18.2 Å². The van der Waals surface area contributed by atoms with Crippen LogP contribution in [0.5, 0.6) is 5.75 Å². The Bertz CT molecular complexity index is 1010. The molecule has 0 bridgehead atoms. The average molecular weight is 395 g/mol. The van der Waals surface area contributed by atoms with Gasteiger partial charge in [0.25, 0.3) is 5.91 Å². The molecule has 1 spiro atoms. The van der Waals surface area contributed by atoms with Crippen LogP contribution in [0, 0.1) is 18.2 Å². The number of terminal acetylenes is 1. The summed E-state index contributed by atoms with van der Waals surface area (Å²) in [7, 11) is 0. The predicted molar refractivity (Wildman–Crippen MR) is 104 cm³/mol. The van der Waals surface area contributed by atoms with Crippen LogP contribution in [0.25, 0.3) is 0 Å². The van der Waals surface area contributed by atoms with Crippen molar-refractivity contribution in [3.63, 3.8) is 0 Å². The Morgan fingerprint density at radius 1 is 1.31 bits per heavy atom. The summed E-state index contributed by atoms with van der Waals surface area (Å²) in [5, 5.41) is 0. The van der Waals surface area contributed by atoms with E-state index in [2.05, 4.69) is 5.92 Å². The van der Waals surface area contributed by atoms with Crippen LogP contribution in [0.15, 0.2) is 42.5 Å². The third kappa shape index (κ3) is 3.21. The van der Waals surface area contributed by atoms with E-state index < -0.39 is 23.4 Å². The van der Waals surface area contributed by atoms with E-state index in [1.807, 2.05) is 30.3 Å². The second kappa shape index (κ2) is 7.02. The number of carbonyl (C=O) groups excluding carboxylic acids is 2. The minimum Gasteiger partial charge on any atom is -0.471 e. The van der Waals surface area contributed by atoms with Gasteiger partial charge in [0.15, 0.2) is 0 Å². The van der Waals surface area contributed by atoms with Crippen LogP contribution in [0.4, 0.5) is 20.6 Å². The van der Waals surface area contributed by atoms with Crippen LogP contribution >= 0.6 is 0 Å². The summed E-state index contributed by atoms with van der Waals surface area (Å²) < 4.78 is 25.0. The highest BCUT2D eigenvalue weighted by atomic mass is 19.1. The minimum absolute atomic E-state index is 0.0219. The fraction of sp³-hybridized carbons (Fsp3) is 0.238. The maximum absolute atomic E-state index is 13.9. The van der Waals surface area contributed by atoms with Crippen molar-refractivity contribution in [2.24, 2.45) is 0 Å². The van der Waals surface area contributed by atoms with Gasteiger partial charge in [-0.2, -0.15) is 0 Å². The molecule has 8 heteroatoms. The maximum atomic E-state index is 13.9. The van der Waals surface area contributed by atoms with E-state index in [4.69, 9.17) is 21.6 Å². The molecular formula is C21H18FN3O4. The molecule has 0 unspecified atom stereocenters. The molecule has 0 aromatic heterocycles. The maximum Gasteiger partial charge on any atom is 0.410 e. The van der Waals surface area contributed by atoms with E-state index in [9.17, 15) is 14.0 Å². The first-order valence-corrected chi connectivity index (χ1v) is 8.92. The molecule has 2 amide bonds. The van der Waals surface area contributed by atoms with Crippen molar-refractivity contribution in [2.75, 3.05) is 30.3 Å². The first kappa shape index (κ1) is 18.6. The highest BCUT2D eigenvalue weighted by molar-refractivity contribution is 6.05. The molecule has 4 rings (SSSR count). The van der Waals surface area contributed by atoms with Gasteiger partial charge in [-0.15, -0.1) is 6.42 Å². The van der Waals surface area contributed by atoms with E-state index >= 15 is 0 Å². The van der Waals surface area contributed by atoms with Crippen LogP contribution in [-0.2, 0) is 16.1 Å². The lowest BCUT2D eigenvalue weighted by atomic mass is 9.90. The summed E-state index contributed by atoms with van der Waals surface area (Å²) in [6, 6.07) is 11.7. The summed E-state index contributed by atoms with van der Waals surface area (Å²) in [5.74, 6) is 1.51. The Hall–Kier alpha value is -3.73. The standard InChI is InChI=1S/C21H18FN3O4/c1-2-8-25-17-10-16(23)15(22)9-18(17)29-21(19(25)26)12-24(13-21)20(27)28-11-14-6-4-3-5-7-14/h1,3-7,9-10H,8,11-13,23H2. The van der Waals surface area contributed by atoms with Crippen molar-refractivity contribution >= 4 is 23.4 Å². The number of carbonyl (C=O) groups is 2. The number of hydrogen-bond donors (Lipinski definition) is 1. The zero-order valence-electron chi connectivity index (χ0n) is 15.4. The zero-order valence-corrected chi connectivity index (χ0v) is 15.4. The van der Waals surface area contributed by atoms with Crippen LogP contribution in [0.3, 0.4) is 0 Å². The molecule has 1 saturated heterocycles. The number of nitrogens with zero attached hydrogens (tertiary/aromatic N) is 2. The molecule has 2 aliphatic rings. The van der Waals surface area contributed by atoms with Gasteiger partial charge in [0.2, 0.25) is 5.60 Å². The van der Waals surface area contributed by atoms with Crippen molar-refractivity contribution in [1.82, 2.24) is 4.90 Å². The van der Waals surface area contributed by atoms with Crippen molar-refractivity contribution < 1.29 is 23.5 Å². The highest BCUT2D eigenvalue weighted by Crippen LogP contribution is 2.43. The van der Waals surface area contributed by atoms with E-state index in [1.165, 1.54) is 15.9 Å². The second-order valence-electron chi connectivity index (χ2n) is 6.93. The molecule has 2 heterocycles. The Balaban J connectivity index is 1.49. The molecule has 0 radical (unpaired) electrons. The van der Waals surface area contributed by atoms with Gasteiger partial charge in [-0.25, -0.2) is 9.18 Å². The largest absolute Gasteiger partial charge is 0.471 e. The lowest BCUT2D eigenvalue weighted by Gasteiger charge is -2.51. The Kier molecular flexibility index (Phi) is 4.51. The lowest BCUT2D eigenvalue weighted by Crippen LogP contribution is -2.74. The fourth-order valence-corrected chi connectivity index (χ4v) is 3.42. The smallest absolute Gasteiger partial charge is 0.410 e. The monoisotopic (exact) mass is 395 g/mol. The Morgan fingerprint density at radius 3 is 2.72 bits per heavy atom. The summed E-state index contributed by atoms with van der Waals surface area (Å²) in [6.45, 7) is 0.0485. The van der Waals surface area contributed by atoms with Gasteiger partial charge in [-0.1, -0.05) is 36.3 Å². The molecule has 2 aromatic carbocycles. The highest BCUT2D eigenvalue weighted by Gasteiger charge is 2.58. The van der Waals surface area contributed by atoms with Crippen LogP contribution in [0.2, 0.25) is 0 Å². The number of rotatable bonds is 3. The van der Waals surface area contributed by atoms with Crippen LogP contribution < -0.4 is 15.4 Å². The summed E-state index contributed by atoms with van der Waals surface area (Å²) >= 11 is 0. The lowest BCUT2D eigenvalue weighted by molar-refractivity contribution is -0.149. The third-order valence-corrected chi connectivity index (χ3v) is 4.91. The number of benzene rings is 2. The number of hydrogen-bond acceptors (Lipinski definition) is 5. The molecular weight excluding hydrogens is 377 g/mol. The van der Waals surface area contributed by atoms with Crippen molar-refractivity contribution in [3.8, 4) is 18.1 Å². The normalized spacial score (nSPS) is 16.5. The quantitative estimate of drug-likeness (QED) is 0.636. The molecule has 1 fully saturated rings. The van der Waals surface area contributed by atoms with Gasteiger partial charge in [-0.05, 0) is 11.6 Å². The summed E-state index contributed by atoms with van der Waals surface area (Å²) in [5.41, 5.74) is 5.34. The van der Waals surface area contributed by atoms with Crippen LogP contribution in [-0.4, -0.2) is 42.1 Å². The molecule has 0 atom stereocenters. The molecule has 2 aromatic rings. The van der Waals surface area contributed by atoms with Gasteiger partial charge in [0, 0.05) is 6.07 Å². The first-order valence-electron chi connectivity index (χ1n) is 8.92. The van der Waals surface area contributed by atoms with Gasteiger partial charge < -0.3 is 15.2 Å². The number of fused-ring (bicyclic) bond motifs is 1. The number of nitrogens with two attached hydrogens (primary N) is 1. The molecule has 29 heavy (non-hydrogen) atoms. The fourth-order valence-electron chi connectivity index (χ4n) is 3.42. The number of amides is 2. The van der Waals surface area contributed by atoms with E-state index in [-0.39, 0.29) is 37.7 Å². The number of ether oxygens (including phenoxy) is 2. The van der Waals surface area contributed by atoms with Crippen LogP contribution in [0.1, 0.15) is 5.56 Å². The van der Waals surface area contributed by atoms with Gasteiger partial charge in [0.05, 0.1) is 31.0 Å². The first-order chi connectivity index (χ1) is 13.9.